The maximum absolute atomic E-state index is 12.1. The van der Waals surface area contributed by atoms with Gasteiger partial charge in [-0.1, -0.05) is 40.8 Å². The Kier molecular flexibility index (Phi) is 5.91. The van der Waals surface area contributed by atoms with Gasteiger partial charge in [0.05, 0.1) is 12.4 Å². The number of nitrogens with zero attached hydrogens (tertiary/aromatic N) is 2. The zero-order valence-corrected chi connectivity index (χ0v) is 13.8. The molecule has 2 rings (SSSR count). The van der Waals surface area contributed by atoms with Crippen LogP contribution in [0.15, 0.2) is 28.6 Å². The minimum absolute atomic E-state index is 0.175. The number of aromatic nitrogens is 2. The molecule has 0 fully saturated rings. The largest absolute Gasteiger partial charge is 0.465 e. The van der Waals surface area contributed by atoms with Gasteiger partial charge in [-0.3, -0.25) is 14.9 Å². The molecule has 1 heterocycles. The van der Waals surface area contributed by atoms with Gasteiger partial charge in [-0.05, 0) is 26.0 Å². The molecule has 0 unspecified atom stereocenters. The van der Waals surface area contributed by atoms with E-state index in [1.54, 1.807) is 19.1 Å². The number of amides is 1. The standard InChI is InChI=1S/C14H15N3O3S2/c1-3-20-11(18)8-21-14-17-16-13(22-14)15-12(19)10-6-4-5-9(2)7-10/h4-7H,3,8H2,1-2H3,(H,15,16,19). The van der Waals surface area contributed by atoms with Gasteiger partial charge in [-0.25, -0.2) is 0 Å². The van der Waals surface area contributed by atoms with E-state index in [9.17, 15) is 9.59 Å². The summed E-state index contributed by atoms with van der Waals surface area (Å²) in [5, 5.41) is 10.9. The number of thioether (sulfide) groups is 1. The summed E-state index contributed by atoms with van der Waals surface area (Å²) in [5.41, 5.74) is 1.58. The van der Waals surface area contributed by atoms with Crippen molar-refractivity contribution in [3.05, 3.63) is 35.4 Å². The minimum atomic E-state index is -0.298. The summed E-state index contributed by atoms with van der Waals surface area (Å²) in [6.07, 6.45) is 0. The van der Waals surface area contributed by atoms with E-state index in [0.717, 1.165) is 5.56 Å². The second-order valence-electron chi connectivity index (χ2n) is 4.29. The van der Waals surface area contributed by atoms with E-state index in [0.29, 0.717) is 21.6 Å². The molecule has 0 saturated carbocycles. The summed E-state index contributed by atoms with van der Waals surface area (Å²) in [7, 11) is 0. The van der Waals surface area contributed by atoms with E-state index >= 15 is 0 Å². The van der Waals surface area contributed by atoms with Gasteiger partial charge in [-0.15, -0.1) is 10.2 Å². The lowest BCUT2D eigenvalue weighted by Gasteiger charge is -2.01. The first-order valence-corrected chi connectivity index (χ1v) is 8.38. The highest BCUT2D eigenvalue weighted by Gasteiger charge is 2.12. The number of ether oxygens (including phenoxy) is 1. The third-order valence-corrected chi connectivity index (χ3v) is 4.47. The predicted molar refractivity (Wildman–Crippen MR) is 86.4 cm³/mol. The fourth-order valence-electron chi connectivity index (χ4n) is 1.60. The van der Waals surface area contributed by atoms with E-state index in [-0.39, 0.29) is 17.6 Å². The van der Waals surface area contributed by atoms with Gasteiger partial charge in [0.2, 0.25) is 5.13 Å². The van der Waals surface area contributed by atoms with E-state index in [4.69, 9.17) is 4.74 Å². The molecule has 0 spiro atoms. The first-order valence-electron chi connectivity index (χ1n) is 6.58. The Morgan fingerprint density at radius 1 is 1.36 bits per heavy atom. The SMILES string of the molecule is CCOC(=O)CSc1nnc(NC(=O)c2cccc(C)c2)s1. The van der Waals surface area contributed by atoms with Crippen molar-refractivity contribution in [3.63, 3.8) is 0 Å². The summed E-state index contributed by atoms with van der Waals surface area (Å²) < 4.78 is 5.44. The molecule has 1 aromatic heterocycles. The predicted octanol–water partition coefficient (Wildman–Crippen LogP) is 2.75. The van der Waals surface area contributed by atoms with Crippen molar-refractivity contribution in [1.29, 1.82) is 0 Å². The van der Waals surface area contributed by atoms with Gasteiger partial charge in [-0.2, -0.15) is 0 Å². The molecule has 0 aliphatic heterocycles. The molecule has 0 aliphatic carbocycles. The normalized spacial score (nSPS) is 10.3. The number of aryl methyl sites for hydroxylation is 1. The zero-order chi connectivity index (χ0) is 15.9. The Morgan fingerprint density at radius 2 is 2.18 bits per heavy atom. The molecule has 2 aromatic rings. The van der Waals surface area contributed by atoms with Gasteiger partial charge in [0.25, 0.3) is 5.91 Å². The van der Waals surface area contributed by atoms with Crippen molar-refractivity contribution >= 4 is 40.1 Å². The Morgan fingerprint density at radius 3 is 2.91 bits per heavy atom. The zero-order valence-electron chi connectivity index (χ0n) is 12.2. The molecule has 116 valence electrons. The summed E-state index contributed by atoms with van der Waals surface area (Å²) in [5.74, 6) is -0.358. The molecule has 6 nitrogen and oxygen atoms in total. The Balaban J connectivity index is 1.91. The number of esters is 1. The fourth-order valence-corrected chi connectivity index (χ4v) is 3.14. The number of anilines is 1. The second-order valence-corrected chi connectivity index (χ2v) is 6.49. The molecule has 8 heteroatoms. The number of hydrogen-bond donors (Lipinski definition) is 1. The van der Waals surface area contributed by atoms with Crippen LogP contribution in [-0.4, -0.2) is 34.4 Å². The topological polar surface area (TPSA) is 81.2 Å². The number of carbonyl (C=O) groups is 2. The molecule has 1 aromatic carbocycles. The highest BCUT2D eigenvalue weighted by Crippen LogP contribution is 2.25. The molecule has 0 saturated heterocycles. The average molecular weight is 337 g/mol. The summed E-state index contributed by atoms with van der Waals surface area (Å²) in [4.78, 5) is 23.3. The Labute approximate surface area is 136 Å². The van der Waals surface area contributed by atoms with Gasteiger partial charge < -0.3 is 4.74 Å². The van der Waals surface area contributed by atoms with Crippen LogP contribution < -0.4 is 5.32 Å². The number of carbonyl (C=O) groups excluding carboxylic acids is 2. The third-order valence-electron chi connectivity index (χ3n) is 2.53. The van der Waals surface area contributed by atoms with Crippen LogP contribution in [0.4, 0.5) is 5.13 Å². The Bertz CT molecular complexity index is 673. The summed E-state index contributed by atoms with van der Waals surface area (Å²) in [6.45, 7) is 4.03. The van der Waals surface area contributed by atoms with Crippen LogP contribution in [0, 0.1) is 6.92 Å². The maximum Gasteiger partial charge on any atom is 0.316 e. The van der Waals surface area contributed by atoms with Crippen LogP contribution in [0.3, 0.4) is 0 Å². The van der Waals surface area contributed by atoms with Crippen molar-refractivity contribution in [2.45, 2.75) is 18.2 Å². The average Bonchev–Trinajstić information content (AvgIpc) is 2.93. The maximum atomic E-state index is 12.1. The van der Waals surface area contributed by atoms with E-state index < -0.39 is 0 Å². The lowest BCUT2D eigenvalue weighted by molar-refractivity contribution is -0.139. The van der Waals surface area contributed by atoms with E-state index in [2.05, 4.69) is 15.5 Å². The van der Waals surface area contributed by atoms with Crippen LogP contribution >= 0.6 is 23.1 Å². The van der Waals surface area contributed by atoms with Crippen molar-refractivity contribution in [1.82, 2.24) is 10.2 Å². The van der Waals surface area contributed by atoms with E-state index in [1.807, 2.05) is 19.1 Å². The van der Waals surface area contributed by atoms with Crippen LogP contribution in [0.1, 0.15) is 22.8 Å². The molecule has 0 atom stereocenters. The van der Waals surface area contributed by atoms with Gasteiger partial charge in [0.1, 0.15) is 0 Å². The van der Waals surface area contributed by atoms with E-state index in [1.165, 1.54) is 23.1 Å². The summed E-state index contributed by atoms with van der Waals surface area (Å²) in [6, 6.07) is 7.28. The highest BCUT2D eigenvalue weighted by atomic mass is 32.2. The third kappa shape index (κ3) is 4.81. The molecule has 22 heavy (non-hydrogen) atoms. The van der Waals surface area contributed by atoms with Crippen LogP contribution in [0.5, 0.6) is 0 Å². The number of nitrogens with one attached hydrogen (secondary N) is 1. The highest BCUT2D eigenvalue weighted by molar-refractivity contribution is 8.01. The fraction of sp³-hybridized carbons (Fsp3) is 0.286. The number of benzene rings is 1. The number of hydrogen-bond acceptors (Lipinski definition) is 7. The first-order chi connectivity index (χ1) is 10.6. The molecular weight excluding hydrogens is 322 g/mol. The molecule has 1 N–H and O–H groups in total. The van der Waals surface area contributed by atoms with Crippen molar-refractivity contribution in [2.24, 2.45) is 0 Å². The number of rotatable bonds is 6. The van der Waals surface area contributed by atoms with Crippen LogP contribution in [-0.2, 0) is 9.53 Å². The van der Waals surface area contributed by atoms with Crippen molar-refractivity contribution < 1.29 is 14.3 Å². The molecule has 0 bridgehead atoms. The lowest BCUT2D eigenvalue weighted by Crippen LogP contribution is -2.11. The summed E-state index contributed by atoms with van der Waals surface area (Å²) >= 11 is 2.45. The van der Waals surface area contributed by atoms with Gasteiger partial charge in [0, 0.05) is 5.56 Å². The van der Waals surface area contributed by atoms with Crippen molar-refractivity contribution in [3.8, 4) is 0 Å². The van der Waals surface area contributed by atoms with Crippen molar-refractivity contribution in [2.75, 3.05) is 17.7 Å². The molecule has 0 aliphatic rings. The Hall–Kier alpha value is -1.93. The minimum Gasteiger partial charge on any atom is -0.465 e. The molecular formula is C14H15N3O3S2. The quantitative estimate of drug-likeness (QED) is 0.496. The van der Waals surface area contributed by atoms with Gasteiger partial charge >= 0.3 is 5.97 Å². The van der Waals surface area contributed by atoms with Gasteiger partial charge in [0.15, 0.2) is 4.34 Å². The molecule has 0 radical (unpaired) electrons. The smallest absolute Gasteiger partial charge is 0.316 e. The first kappa shape index (κ1) is 16.4. The lowest BCUT2D eigenvalue weighted by atomic mass is 10.1. The van der Waals surface area contributed by atoms with Crippen LogP contribution in [0.25, 0.3) is 0 Å². The second kappa shape index (κ2) is 7.90. The monoisotopic (exact) mass is 337 g/mol. The molecule has 1 amide bonds. The van der Waals surface area contributed by atoms with Crippen LogP contribution in [0.2, 0.25) is 0 Å².